The SMILES string of the molecule is CO/C=C(/C(C)=O)C1=C(CO)CC(C)=C(C)C1.[W]. The molecule has 0 aromatic heterocycles. The van der Waals surface area contributed by atoms with Crippen LogP contribution in [0.5, 0.6) is 0 Å². The van der Waals surface area contributed by atoms with E-state index in [2.05, 4.69) is 13.8 Å². The summed E-state index contributed by atoms with van der Waals surface area (Å²) in [6, 6.07) is 0. The minimum Gasteiger partial charge on any atom is -0.504 e. The molecule has 3 nitrogen and oxygen atoms in total. The van der Waals surface area contributed by atoms with Gasteiger partial charge >= 0.3 is 0 Å². The van der Waals surface area contributed by atoms with Crippen molar-refractivity contribution in [3.63, 3.8) is 0 Å². The number of hydrogen-bond acceptors (Lipinski definition) is 3. The first-order valence-corrected chi connectivity index (χ1v) is 5.72. The van der Waals surface area contributed by atoms with Gasteiger partial charge in [-0.1, -0.05) is 11.1 Å². The normalized spacial score (nSPS) is 16.6. The molecule has 18 heavy (non-hydrogen) atoms. The molecule has 1 N–H and O–H groups in total. The number of ether oxygens (including phenoxy) is 1. The van der Waals surface area contributed by atoms with Crippen LogP contribution in [0, 0.1) is 0 Å². The summed E-state index contributed by atoms with van der Waals surface area (Å²) in [4.78, 5) is 11.6. The maximum Gasteiger partial charge on any atom is 0.163 e. The summed E-state index contributed by atoms with van der Waals surface area (Å²) in [7, 11) is 1.53. The third kappa shape index (κ3) is 3.93. The Labute approximate surface area is 123 Å². The van der Waals surface area contributed by atoms with E-state index >= 15 is 0 Å². The molecule has 0 aliphatic heterocycles. The largest absolute Gasteiger partial charge is 0.504 e. The van der Waals surface area contributed by atoms with Crippen LogP contribution in [0.1, 0.15) is 33.6 Å². The average Bonchev–Trinajstić information content (AvgIpc) is 2.29. The molecule has 0 amide bonds. The Morgan fingerprint density at radius 3 is 2.33 bits per heavy atom. The molecule has 0 heterocycles. The van der Waals surface area contributed by atoms with Gasteiger partial charge in [0.25, 0.3) is 0 Å². The number of aliphatic hydroxyl groups excluding tert-OH is 1. The monoisotopic (exact) mass is 420 g/mol. The van der Waals surface area contributed by atoms with Crippen molar-refractivity contribution < 1.29 is 35.7 Å². The van der Waals surface area contributed by atoms with Gasteiger partial charge in [0, 0.05) is 21.1 Å². The van der Waals surface area contributed by atoms with Crippen molar-refractivity contribution in [3.05, 3.63) is 34.1 Å². The first-order valence-electron chi connectivity index (χ1n) is 5.72. The standard InChI is InChI=1S/C14H20O3.W/c1-9-5-12(7-15)13(6-10(9)2)14(8-17-4)11(3)16;/h8,15H,5-7H2,1-4H3;/b14-8-;. The predicted molar refractivity (Wildman–Crippen MR) is 67.5 cm³/mol. The van der Waals surface area contributed by atoms with Crippen molar-refractivity contribution in [2.24, 2.45) is 0 Å². The summed E-state index contributed by atoms with van der Waals surface area (Å²) in [6.07, 6.45) is 2.93. The molecule has 0 unspecified atom stereocenters. The number of rotatable bonds is 4. The molecule has 0 spiro atoms. The summed E-state index contributed by atoms with van der Waals surface area (Å²) in [5, 5.41) is 9.40. The Balaban J connectivity index is 0.00000289. The van der Waals surface area contributed by atoms with E-state index < -0.39 is 0 Å². The van der Waals surface area contributed by atoms with Gasteiger partial charge in [0.1, 0.15) is 0 Å². The van der Waals surface area contributed by atoms with Gasteiger partial charge in [0.2, 0.25) is 0 Å². The number of hydrogen-bond donors (Lipinski definition) is 1. The van der Waals surface area contributed by atoms with Gasteiger partial charge in [-0.15, -0.1) is 0 Å². The van der Waals surface area contributed by atoms with E-state index in [1.54, 1.807) is 0 Å². The van der Waals surface area contributed by atoms with Crippen LogP contribution < -0.4 is 0 Å². The number of Topliss-reactive ketones (excluding diaryl/α,β-unsaturated/α-hetero) is 1. The van der Waals surface area contributed by atoms with Crippen LogP contribution >= 0.6 is 0 Å². The van der Waals surface area contributed by atoms with Crippen LogP contribution in [0.2, 0.25) is 0 Å². The minimum atomic E-state index is -0.0276. The Kier molecular flexibility index (Phi) is 7.42. The molecular weight excluding hydrogens is 400 g/mol. The van der Waals surface area contributed by atoms with Crippen molar-refractivity contribution in [1.82, 2.24) is 0 Å². The molecule has 0 saturated heterocycles. The predicted octanol–water partition coefficient (Wildman–Crippen LogP) is 2.52. The van der Waals surface area contributed by atoms with Crippen molar-refractivity contribution in [2.45, 2.75) is 33.6 Å². The van der Waals surface area contributed by atoms with E-state index in [4.69, 9.17) is 4.74 Å². The minimum absolute atomic E-state index is 0. The molecule has 100 valence electrons. The fourth-order valence-corrected chi connectivity index (χ4v) is 2.04. The van der Waals surface area contributed by atoms with Gasteiger partial charge < -0.3 is 9.84 Å². The van der Waals surface area contributed by atoms with Crippen LogP contribution in [0.25, 0.3) is 0 Å². The van der Waals surface area contributed by atoms with E-state index in [0.29, 0.717) is 5.57 Å². The number of carbonyl (C=O) groups is 1. The zero-order valence-corrected chi connectivity index (χ0v) is 14.3. The van der Waals surface area contributed by atoms with Gasteiger partial charge in [0.05, 0.1) is 25.6 Å². The maximum atomic E-state index is 11.6. The summed E-state index contributed by atoms with van der Waals surface area (Å²) in [5.41, 5.74) is 4.96. The van der Waals surface area contributed by atoms with Crippen LogP contribution in [-0.2, 0) is 30.6 Å². The second kappa shape index (κ2) is 7.70. The molecule has 0 bridgehead atoms. The summed E-state index contributed by atoms with van der Waals surface area (Å²) >= 11 is 0. The summed E-state index contributed by atoms with van der Waals surface area (Å²) in [5.74, 6) is -0.0276. The molecule has 1 aliphatic carbocycles. The van der Waals surface area contributed by atoms with E-state index in [1.807, 2.05) is 0 Å². The van der Waals surface area contributed by atoms with Gasteiger partial charge in [-0.25, -0.2) is 0 Å². The molecule has 1 aliphatic rings. The molecule has 0 aromatic rings. The van der Waals surface area contributed by atoms with Crippen molar-refractivity contribution in [1.29, 1.82) is 0 Å². The van der Waals surface area contributed by atoms with E-state index in [9.17, 15) is 9.90 Å². The van der Waals surface area contributed by atoms with Crippen molar-refractivity contribution >= 4 is 5.78 Å². The second-order valence-corrected chi connectivity index (χ2v) is 4.48. The maximum absolute atomic E-state index is 11.6. The van der Waals surface area contributed by atoms with Gasteiger partial charge in [0.15, 0.2) is 5.78 Å². The molecule has 1 rings (SSSR count). The molecule has 0 saturated carbocycles. The van der Waals surface area contributed by atoms with E-state index in [-0.39, 0.29) is 33.5 Å². The molecule has 0 atom stereocenters. The smallest absolute Gasteiger partial charge is 0.163 e. The molecular formula is C14H20O3W. The fourth-order valence-electron chi connectivity index (χ4n) is 2.04. The van der Waals surface area contributed by atoms with Gasteiger partial charge in [-0.2, -0.15) is 0 Å². The Hall–Kier alpha value is -0.662. The van der Waals surface area contributed by atoms with Crippen LogP contribution in [0.4, 0.5) is 0 Å². The topological polar surface area (TPSA) is 46.5 Å². The zero-order chi connectivity index (χ0) is 13.0. The third-order valence-corrected chi connectivity index (χ3v) is 3.21. The number of ketones is 1. The molecule has 0 radical (unpaired) electrons. The first-order chi connectivity index (χ1) is 8.01. The summed E-state index contributed by atoms with van der Waals surface area (Å²) < 4.78 is 4.96. The third-order valence-electron chi connectivity index (χ3n) is 3.21. The number of methoxy groups -OCH3 is 1. The zero-order valence-electron chi connectivity index (χ0n) is 11.4. The van der Waals surface area contributed by atoms with Gasteiger partial charge in [-0.05, 0) is 44.8 Å². The average molecular weight is 420 g/mol. The number of aliphatic hydroxyl groups is 1. The van der Waals surface area contributed by atoms with E-state index in [1.165, 1.54) is 31.4 Å². The Morgan fingerprint density at radius 1 is 1.33 bits per heavy atom. The number of carbonyl (C=O) groups excluding carboxylic acids is 1. The Morgan fingerprint density at radius 2 is 1.89 bits per heavy atom. The first kappa shape index (κ1) is 17.3. The summed E-state index contributed by atoms with van der Waals surface area (Å²) in [6.45, 7) is 5.64. The van der Waals surface area contributed by atoms with Crippen LogP contribution in [0.15, 0.2) is 34.1 Å². The molecule has 0 fully saturated rings. The van der Waals surface area contributed by atoms with Crippen molar-refractivity contribution in [3.8, 4) is 0 Å². The number of allylic oxidation sites excluding steroid dienone is 4. The fraction of sp³-hybridized carbons (Fsp3) is 0.500. The van der Waals surface area contributed by atoms with Crippen LogP contribution in [0.3, 0.4) is 0 Å². The second-order valence-electron chi connectivity index (χ2n) is 4.48. The van der Waals surface area contributed by atoms with Gasteiger partial charge in [-0.3, -0.25) is 4.79 Å². The van der Waals surface area contributed by atoms with Crippen molar-refractivity contribution in [2.75, 3.05) is 13.7 Å². The van der Waals surface area contributed by atoms with E-state index in [0.717, 1.165) is 24.0 Å². The quantitative estimate of drug-likeness (QED) is 0.432. The molecule has 4 heteroatoms. The van der Waals surface area contributed by atoms with Crippen LogP contribution in [-0.4, -0.2) is 24.6 Å². The molecule has 0 aromatic carbocycles. The Bertz CT molecular complexity index is 417.